The molecule has 0 bridgehead atoms. The first-order valence-electron chi connectivity index (χ1n) is 11.0. The zero-order valence-corrected chi connectivity index (χ0v) is 20.5. The highest BCUT2D eigenvalue weighted by Gasteiger charge is 2.31. The third kappa shape index (κ3) is 6.92. The molecule has 0 aliphatic carbocycles. The molecular formula is C25H31N3O4S. The van der Waals surface area contributed by atoms with E-state index in [-0.39, 0.29) is 6.61 Å². The van der Waals surface area contributed by atoms with Crippen LogP contribution in [-0.4, -0.2) is 35.6 Å². The highest BCUT2D eigenvalue weighted by Crippen LogP contribution is 2.35. The molecule has 2 aromatic rings. The topological polar surface area (TPSA) is 81.2 Å². The normalized spacial score (nSPS) is 15.4. The molecule has 0 fully saturated rings. The summed E-state index contributed by atoms with van der Waals surface area (Å²) in [4.78, 5) is 11.6. The van der Waals surface area contributed by atoms with Gasteiger partial charge in [-0.15, -0.1) is 0 Å². The minimum atomic E-state index is -0.428. The average molecular weight is 470 g/mol. The standard InChI is InChI=1S/C25H31N3O4S/c1-6-30-23(29)15-31-19-11-12-22-20(13-19)21(14-25(4,5)32-22)27-28-24(33)26-18-9-7-17(8-10-18)16(2)3/h7-13,16H,6,14-15H2,1-5H3,(H2,26,28,33)/b27-21-. The summed E-state index contributed by atoms with van der Waals surface area (Å²) in [5, 5.41) is 8.11. The highest BCUT2D eigenvalue weighted by molar-refractivity contribution is 7.80. The Morgan fingerprint density at radius 3 is 2.61 bits per heavy atom. The molecule has 1 aliphatic heterocycles. The van der Waals surface area contributed by atoms with Gasteiger partial charge in [-0.05, 0) is 74.8 Å². The minimum Gasteiger partial charge on any atom is -0.487 e. The molecule has 0 spiro atoms. The maximum Gasteiger partial charge on any atom is 0.344 e. The van der Waals surface area contributed by atoms with Crippen molar-refractivity contribution in [2.75, 3.05) is 18.5 Å². The van der Waals surface area contributed by atoms with E-state index in [1.165, 1.54) is 5.56 Å². The van der Waals surface area contributed by atoms with Crippen molar-refractivity contribution < 1.29 is 19.0 Å². The first-order valence-corrected chi connectivity index (χ1v) is 11.4. The number of carbonyl (C=O) groups is 1. The van der Waals surface area contributed by atoms with E-state index in [9.17, 15) is 4.79 Å². The second kappa shape index (κ2) is 10.7. The molecular weight excluding hydrogens is 438 g/mol. The third-order valence-electron chi connectivity index (χ3n) is 5.03. The van der Waals surface area contributed by atoms with E-state index in [0.29, 0.717) is 35.6 Å². The largest absolute Gasteiger partial charge is 0.487 e. The van der Waals surface area contributed by atoms with E-state index in [4.69, 9.17) is 26.4 Å². The van der Waals surface area contributed by atoms with E-state index in [1.54, 1.807) is 13.0 Å². The minimum absolute atomic E-state index is 0.159. The lowest BCUT2D eigenvalue weighted by Gasteiger charge is -2.33. The van der Waals surface area contributed by atoms with Crippen molar-refractivity contribution >= 4 is 34.7 Å². The fourth-order valence-corrected chi connectivity index (χ4v) is 3.58. The van der Waals surface area contributed by atoms with Crippen LogP contribution >= 0.6 is 12.2 Å². The summed E-state index contributed by atoms with van der Waals surface area (Å²) in [6.07, 6.45) is 0.569. The fraction of sp³-hybridized carbons (Fsp3) is 0.400. The van der Waals surface area contributed by atoms with Crippen molar-refractivity contribution in [2.45, 2.75) is 52.6 Å². The SMILES string of the molecule is CCOC(=O)COc1ccc2c(c1)/C(=N\NC(=S)Nc1ccc(C(C)C)cc1)CC(C)(C)O2. The number of thiocarbonyl (C=S) groups is 1. The van der Waals surface area contributed by atoms with Crippen LogP contribution in [0, 0.1) is 0 Å². The van der Waals surface area contributed by atoms with E-state index in [0.717, 1.165) is 17.0 Å². The summed E-state index contributed by atoms with van der Waals surface area (Å²) in [6.45, 7) is 10.2. The summed E-state index contributed by atoms with van der Waals surface area (Å²) >= 11 is 5.43. The number of anilines is 1. The highest BCUT2D eigenvalue weighted by atomic mass is 32.1. The molecule has 1 aliphatic rings. The Labute approximate surface area is 200 Å². The first kappa shape index (κ1) is 24.5. The Morgan fingerprint density at radius 2 is 1.94 bits per heavy atom. The van der Waals surface area contributed by atoms with Gasteiger partial charge in [-0.1, -0.05) is 26.0 Å². The molecule has 0 saturated carbocycles. The number of hydrazone groups is 1. The van der Waals surface area contributed by atoms with E-state index < -0.39 is 11.6 Å². The maximum atomic E-state index is 11.6. The van der Waals surface area contributed by atoms with Crippen molar-refractivity contribution in [2.24, 2.45) is 5.10 Å². The predicted octanol–water partition coefficient (Wildman–Crippen LogP) is 5.00. The number of hydrogen-bond donors (Lipinski definition) is 2. The molecule has 0 atom stereocenters. The van der Waals surface area contributed by atoms with Gasteiger partial charge < -0.3 is 19.5 Å². The Morgan fingerprint density at radius 1 is 1.21 bits per heavy atom. The summed E-state index contributed by atoms with van der Waals surface area (Å²) in [5.74, 6) is 1.28. The zero-order valence-electron chi connectivity index (χ0n) is 19.7. The second-order valence-corrected chi connectivity index (χ2v) is 9.10. The Kier molecular flexibility index (Phi) is 7.92. The lowest BCUT2D eigenvalue weighted by Crippen LogP contribution is -2.37. The number of hydrogen-bond acceptors (Lipinski definition) is 6. The molecule has 0 amide bonds. The monoisotopic (exact) mass is 469 g/mol. The molecule has 176 valence electrons. The van der Waals surface area contributed by atoms with Gasteiger partial charge in [0.15, 0.2) is 11.7 Å². The molecule has 3 rings (SSSR count). The molecule has 33 heavy (non-hydrogen) atoms. The van der Waals surface area contributed by atoms with Gasteiger partial charge in [0, 0.05) is 17.7 Å². The molecule has 0 aromatic heterocycles. The number of benzene rings is 2. The van der Waals surface area contributed by atoms with Gasteiger partial charge in [-0.2, -0.15) is 5.10 Å². The molecule has 2 aromatic carbocycles. The first-order chi connectivity index (χ1) is 15.7. The predicted molar refractivity (Wildman–Crippen MR) is 134 cm³/mol. The van der Waals surface area contributed by atoms with Gasteiger partial charge >= 0.3 is 5.97 Å². The summed E-state index contributed by atoms with van der Waals surface area (Å²) in [6, 6.07) is 13.5. The molecule has 0 unspecified atom stereocenters. The van der Waals surface area contributed by atoms with Crippen molar-refractivity contribution in [3.05, 3.63) is 53.6 Å². The lowest BCUT2D eigenvalue weighted by molar-refractivity contribution is -0.145. The molecule has 7 nitrogen and oxygen atoms in total. The van der Waals surface area contributed by atoms with Crippen molar-refractivity contribution in [3.63, 3.8) is 0 Å². The fourth-order valence-electron chi connectivity index (χ4n) is 3.42. The van der Waals surface area contributed by atoms with E-state index in [1.807, 2.05) is 38.1 Å². The van der Waals surface area contributed by atoms with Crippen LogP contribution in [0.25, 0.3) is 0 Å². The van der Waals surface area contributed by atoms with Gasteiger partial charge in [-0.25, -0.2) is 4.79 Å². The van der Waals surface area contributed by atoms with Gasteiger partial charge in [0.1, 0.15) is 17.1 Å². The van der Waals surface area contributed by atoms with Crippen LogP contribution in [-0.2, 0) is 9.53 Å². The zero-order chi connectivity index (χ0) is 24.0. The number of carbonyl (C=O) groups excluding carboxylic acids is 1. The Bertz CT molecular complexity index is 1030. The second-order valence-electron chi connectivity index (χ2n) is 8.69. The van der Waals surface area contributed by atoms with Crippen molar-refractivity contribution in [1.82, 2.24) is 5.43 Å². The summed E-state index contributed by atoms with van der Waals surface area (Å²) < 4.78 is 16.6. The lowest BCUT2D eigenvalue weighted by atomic mass is 9.92. The van der Waals surface area contributed by atoms with Gasteiger partial charge in [0.05, 0.1) is 12.3 Å². The number of nitrogens with one attached hydrogen (secondary N) is 2. The number of esters is 1. The van der Waals surface area contributed by atoms with Crippen LogP contribution in [0.5, 0.6) is 11.5 Å². The van der Waals surface area contributed by atoms with E-state index in [2.05, 4.69) is 41.8 Å². The quantitative estimate of drug-likeness (QED) is 0.335. The molecule has 2 N–H and O–H groups in total. The Balaban J connectivity index is 1.72. The molecule has 0 radical (unpaired) electrons. The third-order valence-corrected chi connectivity index (χ3v) is 5.22. The maximum absolute atomic E-state index is 11.6. The average Bonchev–Trinajstić information content (AvgIpc) is 2.76. The van der Waals surface area contributed by atoms with Gasteiger partial charge in [0.2, 0.25) is 0 Å². The number of nitrogens with zero attached hydrogens (tertiary/aromatic N) is 1. The molecule has 1 heterocycles. The van der Waals surface area contributed by atoms with Crippen LogP contribution in [0.3, 0.4) is 0 Å². The van der Waals surface area contributed by atoms with E-state index >= 15 is 0 Å². The molecule has 0 saturated heterocycles. The van der Waals surface area contributed by atoms with Crippen molar-refractivity contribution in [3.8, 4) is 11.5 Å². The van der Waals surface area contributed by atoms with Gasteiger partial charge in [0.25, 0.3) is 0 Å². The Hall–Kier alpha value is -3.13. The number of fused-ring (bicyclic) bond motifs is 1. The molecule has 8 heteroatoms. The van der Waals surface area contributed by atoms with Crippen LogP contribution in [0.2, 0.25) is 0 Å². The smallest absolute Gasteiger partial charge is 0.344 e. The number of rotatable bonds is 7. The van der Waals surface area contributed by atoms with Crippen molar-refractivity contribution in [1.29, 1.82) is 0 Å². The van der Waals surface area contributed by atoms with Crippen LogP contribution < -0.4 is 20.2 Å². The van der Waals surface area contributed by atoms with Gasteiger partial charge in [-0.3, -0.25) is 5.43 Å². The van der Waals surface area contributed by atoms with Crippen LogP contribution in [0.1, 0.15) is 58.1 Å². The summed E-state index contributed by atoms with van der Waals surface area (Å²) in [7, 11) is 0. The number of ether oxygens (including phenoxy) is 3. The van der Waals surface area contributed by atoms with Crippen LogP contribution in [0.4, 0.5) is 5.69 Å². The van der Waals surface area contributed by atoms with Crippen LogP contribution in [0.15, 0.2) is 47.6 Å². The summed E-state index contributed by atoms with van der Waals surface area (Å²) in [5.41, 5.74) is 6.23.